The number of piperidine rings is 1. The number of amides is 1. The summed E-state index contributed by atoms with van der Waals surface area (Å²) in [6, 6.07) is 7.40. The van der Waals surface area contributed by atoms with Gasteiger partial charge in [-0.25, -0.2) is 4.98 Å². The molecule has 1 aliphatic rings. The molecule has 0 aliphatic carbocycles. The van der Waals surface area contributed by atoms with E-state index in [4.69, 9.17) is 10.2 Å². The molecule has 1 amide bonds. The molecule has 4 rings (SSSR count). The van der Waals surface area contributed by atoms with Crippen LogP contribution in [0.15, 0.2) is 41.1 Å². The number of nitrogens with two attached hydrogens (primary N) is 1. The number of rotatable bonds is 5. The van der Waals surface area contributed by atoms with Crippen LogP contribution >= 0.6 is 0 Å². The second kappa shape index (κ2) is 7.40. The molecule has 2 aromatic heterocycles. The van der Waals surface area contributed by atoms with E-state index in [1.807, 2.05) is 24.3 Å². The maximum Gasteiger partial charge on any atom is 0.273 e. The molecule has 3 heterocycles. The molecule has 0 radical (unpaired) electrons. The highest BCUT2D eigenvalue weighted by Crippen LogP contribution is 2.24. The second-order valence-electron chi connectivity index (χ2n) is 6.26. The quantitative estimate of drug-likeness (QED) is 0.706. The number of nitrogens with one attached hydrogen (secondary N) is 1. The van der Waals surface area contributed by atoms with Gasteiger partial charge in [0.15, 0.2) is 11.5 Å². The van der Waals surface area contributed by atoms with Gasteiger partial charge < -0.3 is 20.4 Å². The Morgan fingerprint density at radius 2 is 1.89 bits per heavy atom. The van der Waals surface area contributed by atoms with Gasteiger partial charge in [0.05, 0.1) is 6.20 Å². The molecule has 0 atom stereocenters. The maximum atomic E-state index is 11.7. The molecular formula is C18H19N7O2. The lowest BCUT2D eigenvalue weighted by Gasteiger charge is -2.26. The average molecular weight is 365 g/mol. The summed E-state index contributed by atoms with van der Waals surface area (Å²) in [7, 11) is 0. The Morgan fingerprint density at radius 3 is 2.56 bits per heavy atom. The van der Waals surface area contributed by atoms with Gasteiger partial charge in [-0.1, -0.05) is 0 Å². The minimum absolute atomic E-state index is 0.00698. The molecule has 3 N–H and O–H groups in total. The summed E-state index contributed by atoms with van der Waals surface area (Å²) in [5, 5.41) is 11.2. The standard InChI is InChI=1S/C18H19N7O2/c19-15(26)14-16(22-18(24-23-14)25-9-2-1-3-10-25)21-13-6-4-12(5-7-13)17-20-8-11-27-17/h4-8,11H,1-3,9-10H2,(H2,19,26)(H,21,22,24). The zero-order chi connectivity index (χ0) is 18.6. The van der Waals surface area contributed by atoms with Crippen molar-refractivity contribution in [3.63, 3.8) is 0 Å². The van der Waals surface area contributed by atoms with E-state index < -0.39 is 5.91 Å². The zero-order valence-corrected chi connectivity index (χ0v) is 14.6. The molecular weight excluding hydrogens is 346 g/mol. The zero-order valence-electron chi connectivity index (χ0n) is 14.6. The summed E-state index contributed by atoms with van der Waals surface area (Å²) in [5.74, 6) is 0.648. The molecule has 1 saturated heterocycles. The molecule has 0 unspecified atom stereocenters. The van der Waals surface area contributed by atoms with Crippen LogP contribution in [0.3, 0.4) is 0 Å². The van der Waals surface area contributed by atoms with Crippen molar-refractivity contribution in [1.82, 2.24) is 20.2 Å². The van der Waals surface area contributed by atoms with Crippen molar-refractivity contribution >= 4 is 23.4 Å². The van der Waals surface area contributed by atoms with Gasteiger partial charge >= 0.3 is 0 Å². The van der Waals surface area contributed by atoms with E-state index >= 15 is 0 Å². The topological polar surface area (TPSA) is 123 Å². The van der Waals surface area contributed by atoms with Crippen molar-refractivity contribution in [1.29, 1.82) is 0 Å². The highest BCUT2D eigenvalue weighted by Gasteiger charge is 2.19. The van der Waals surface area contributed by atoms with Crippen LogP contribution in [-0.4, -0.2) is 39.2 Å². The Bertz CT molecular complexity index is 919. The van der Waals surface area contributed by atoms with Crippen molar-refractivity contribution in [2.24, 2.45) is 5.73 Å². The Kier molecular flexibility index (Phi) is 4.65. The molecule has 0 spiro atoms. The Hall–Kier alpha value is -3.49. The minimum Gasteiger partial charge on any atom is -0.445 e. The first kappa shape index (κ1) is 17.0. The predicted octanol–water partition coefficient (Wildman–Crippen LogP) is 2.36. The molecule has 0 bridgehead atoms. The number of hydrogen-bond acceptors (Lipinski definition) is 8. The van der Waals surface area contributed by atoms with Crippen LogP contribution in [0.4, 0.5) is 17.5 Å². The second-order valence-corrected chi connectivity index (χ2v) is 6.26. The van der Waals surface area contributed by atoms with Crippen molar-refractivity contribution < 1.29 is 9.21 Å². The van der Waals surface area contributed by atoms with Crippen molar-refractivity contribution in [2.45, 2.75) is 19.3 Å². The molecule has 9 nitrogen and oxygen atoms in total. The average Bonchev–Trinajstić information content (AvgIpc) is 3.24. The number of anilines is 3. The van der Waals surface area contributed by atoms with Gasteiger partial charge in [-0.15, -0.1) is 10.2 Å². The van der Waals surface area contributed by atoms with E-state index in [0.717, 1.165) is 37.2 Å². The van der Waals surface area contributed by atoms with Crippen LogP contribution in [0.5, 0.6) is 0 Å². The van der Waals surface area contributed by atoms with Crippen LogP contribution in [0.1, 0.15) is 29.8 Å². The molecule has 138 valence electrons. The third-order valence-electron chi connectivity index (χ3n) is 4.37. The Balaban J connectivity index is 1.60. The van der Waals surface area contributed by atoms with Gasteiger partial charge in [-0.2, -0.15) is 4.98 Å². The van der Waals surface area contributed by atoms with E-state index in [-0.39, 0.29) is 5.69 Å². The summed E-state index contributed by atoms with van der Waals surface area (Å²) < 4.78 is 5.28. The summed E-state index contributed by atoms with van der Waals surface area (Å²) in [4.78, 5) is 22.4. The number of carbonyl (C=O) groups excluding carboxylic acids is 1. The first-order chi connectivity index (χ1) is 13.2. The number of aromatic nitrogens is 4. The van der Waals surface area contributed by atoms with E-state index in [1.54, 1.807) is 6.20 Å². The van der Waals surface area contributed by atoms with Crippen molar-refractivity contribution in [2.75, 3.05) is 23.3 Å². The van der Waals surface area contributed by atoms with Crippen LogP contribution in [0, 0.1) is 0 Å². The van der Waals surface area contributed by atoms with E-state index in [0.29, 0.717) is 17.7 Å². The van der Waals surface area contributed by atoms with Crippen LogP contribution in [0.2, 0.25) is 0 Å². The Morgan fingerprint density at radius 1 is 1.11 bits per heavy atom. The SMILES string of the molecule is NC(=O)c1nnc(N2CCCCC2)nc1Nc1ccc(-c2ncco2)cc1. The summed E-state index contributed by atoms with van der Waals surface area (Å²) in [6.45, 7) is 1.75. The normalized spacial score (nSPS) is 14.1. The van der Waals surface area contributed by atoms with E-state index in [2.05, 4.69) is 30.4 Å². The number of oxazole rings is 1. The van der Waals surface area contributed by atoms with E-state index in [9.17, 15) is 4.79 Å². The van der Waals surface area contributed by atoms with Gasteiger partial charge in [-0.05, 0) is 43.5 Å². The lowest BCUT2D eigenvalue weighted by Crippen LogP contribution is -2.32. The lowest BCUT2D eigenvalue weighted by atomic mass is 10.1. The number of primary amides is 1. The summed E-state index contributed by atoms with van der Waals surface area (Å²) >= 11 is 0. The minimum atomic E-state index is -0.681. The predicted molar refractivity (Wildman–Crippen MR) is 99.6 cm³/mol. The Labute approximate surface area is 155 Å². The van der Waals surface area contributed by atoms with Crippen molar-refractivity contribution in [3.8, 4) is 11.5 Å². The monoisotopic (exact) mass is 365 g/mol. The third kappa shape index (κ3) is 3.71. The highest BCUT2D eigenvalue weighted by molar-refractivity contribution is 5.96. The van der Waals surface area contributed by atoms with Gasteiger partial charge in [0.2, 0.25) is 11.8 Å². The first-order valence-electron chi connectivity index (χ1n) is 8.77. The fourth-order valence-electron chi connectivity index (χ4n) is 3.00. The third-order valence-corrected chi connectivity index (χ3v) is 4.37. The smallest absolute Gasteiger partial charge is 0.273 e. The molecule has 3 aromatic rings. The fourth-order valence-corrected chi connectivity index (χ4v) is 3.00. The highest BCUT2D eigenvalue weighted by atomic mass is 16.3. The first-order valence-corrected chi connectivity index (χ1v) is 8.77. The molecule has 27 heavy (non-hydrogen) atoms. The van der Waals surface area contributed by atoms with Gasteiger partial charge in [0.1, 0.15) is 6.26 Å². The van der Waals surface area contributed by atoms with E-state index in [1.165, 1.54) is 12.7 Å². The van der Waals surface area contributed by atoms with Gasteiger partial charge in [-0.3, -0.25) is 4.79 Å². The fraction of sp³-hybridized carbons (Fsp3) is 0.278. The van der Waals surface area contributed by atoms with Crippen LogP contribution in [-0.2, 0) is 0 Å². The van der Waals surface area contributed by atoms with Crippen LogP contribution in [0.25, 0.3) is 11.5 Å². The number of nitrogens with zero attached hydrogens (tertiary/aromatic N) is 5. The van der Waals surface area contributed by atoms with Gasteiger partial charge in [0, 0.05) is 24.3 Å². The molecule has 1 fully saturated rings. The molecule has 9 heteroatoms. The summed E-state index contributed by atoms with van der Waals surface area (Å²) in [5.41, 5.74) is 7.01. The summed E-state index contributed by atoms with van der Waals surface area (Å²) in [6.07, 6.45) is 6.49. The number of benzene rings is 1. The molecule has 1 aromatic carbocycles. The lowest BCUT2D eigenvalue weighted by molar-refractivity contribution is 0.0995. The largest absolute Gasteiger partial charge is 0.445 e. The van der Waals surface area contributed by atoms with Gasteiger partial charge in [0.25, 0.3) is 5.91 Å². The molecule has 0 saturated carbocycles. The van der Waals surface area contributed by atoms with Crippen LogP contribution < -0.4 is 16.0 Å². The van der Waals surface area contributed by atoms with Crippen molar-refractivity contribution in [3.05, 3.63) is 42.4 Å². The maximum absolute atomic E-state index is 11.7. The number of carbonyl (C=O) groups is 1. The number of hydrogen-bond donors (Lipinski definition) is 2. The molecule has 1 aliphatic heterocycles.